The zero-order valence-electron chi connectivity index (χ0n) is 8.04. The van der Waals surface area contributed by atoms with E-state index in [1.54, 1.807) is 12.3 Å². The van der Waals surface area contributed by atoms with Crippen molar-refractivity contribution in [2.75, 3.05) is 0 Å². The van der Waals surface area contributed by atoms with Crippen molar-refractivity contribution in [3.8, 4) is 12.5 Å². The third-order valence-electron chi connectivity index (χ3n) is 2.39. The van der Waals surface area contributed by atoms with Gasteiger partial charge in [-0.3, -0.25) is 0 Å². The SMILES string of the molecule is C#Cn1ncc2ccc3ncoc(=O)c3c21. The molecule has 3 aromatic rings. The predicted molar refractivity (Wildman–Crippen MR) is 57.8 cm³/mol. The summed E-state index contributed by atoms with van der Waals surface area (Å²) < 4.78 is 6.04. The van der Waals surface area contributed by atoms with Gasteiger partial charge in [0.15, 0.2) is 6.39 Å². The molecule has 0 saturated carbocycles. The van der Waals surface area contributed by atoms with Crippen molar-refractivity contribution in [1.29, 1.82) is 0 Å². The molecule has 5 heteroatoms. The summed E-state index contributed by atoms with van der Waals surface area (Å²) in [4.78, 5) is 15.6. The Kier molecular flexibility index (Phi) is 1.59. The van der Waals surface area contributed by atoms with Gasteiger partial charge in [-0.1, -0.05) is 6.42 Å². The van der Waals surface area contributed by atoms with Gasteiger partial charge in [0.25, 0.3) is 0 Å². The van der Waals surface area contributed by atoms with Crippen LogP contribution in [0.4, 0.5) is 0 Å². The van der Waals surface area contributed by atoms with Crippen LogP contribution in [0.3, 0.4) is 0 Å². The van der Waals surface area contributed by atoms with Crippen LogP contribution in [0.25, 0.3) is 21.8 Å². The topological polar surface area (TPSA) is 60.9 Å². The average Bonchev–Trinajstić information content (AvgIpc) is 2.72. The lowest BCUT2D eigenvalue weighted by atomic mass is 10.2. The van der Waals surface area contributed by atoms with Gasteiger partial charge in [-0.25, -0.2) is 9.78 Å². The quantitative estimate of drug-likeness (QED) is 0.520. The Morgan fingerprint density at radius 1 is 1.44 bits per heavy atom. The number of terminal acetylenes is 1. The van der Waals surface area contributed by atoms with Crippen molar-refractivity contribution in [3.63, 3.8) is 0 Å². The molecule has 0 aliphatic rings. The first kappa shape index (κ1) is 8.68. The largest absolute Gasteiger partial charge is 0.411 e. The van der Waals surface area contributed by atoms with Gasteiger partial charge in [0.2, 0.25) is 0 Å². The number of hydrogen-bond donors (Lipinski definition) is 0. The van der Waals surface area contributed by atoms with E-state index in [0.717, 1.165) is 11.8 Å². The van der Waals surface area contributed by atoms with Crippen molar-refractivity contribution in [3.05, 3.63) is 35.1 Å². The number of rotatable bonds is 0. The molecule has 0 amide bonds. The van der Waals surface area contributed by atoms with Crippen LogP contribution in [0, 0.1) is 12.5 Å². The molecule has 0 aliphatic carbocycles. The smallest absolute Gasteiger partial charge is 0.348 e. The minimum Gasteiger partial charge on any atom is -0.411 e. The van der Waals surface area contributed by atoms with Crippen LogP contribution in [0.1, 0.15) is 0 Å². The lowest BCUT2D eigenvalue weighted by molar-refractivity contribution is 0.501. The van der Waals surface area contributed by atoms with Crippen LogP contribution in [0.15, 0.2) is 33.9 Å². The first-order valence-electron chi connectivity index (χ1n) is 4.52. The van der Waals surface area contributed by atoms with E-state index in [2.05, 4.69) is 16.1 Å². The van der Waals surface area contributed by atoms with Crippen molar-refractivity contribution in [1.82, 2.24) is 14.8 Å². The van der Waals surface area contributed by atoms with E-state index in [1.807, 2.05) is 6.07 Å². The Balaban J connectivity index is 2.72. The number of aromatic nitrogens is 3. The van der Waals surface area contributed by atoms with Gasteiger partial charge in [-0.15, -0.1) is 0 Å². The van der Waals surface area contributed by atoms with E-state index in [1.165, 1.54) is 4.68 Å². The first-order chi connectivity index (χ1) is 7.81. The highest BCUT2D eigenvalue weighted by Crippen LogP contribution is 2.20. The van der Waals surface area contributed by atoms with Crippen molar-refractivity contribution >= 4 is 21.8 Å². The summed E-state index contributed by atoms with van der Waals surface area (Å²) in [6.45, 7) is 0. The molecule has 0 radical (unpaired) electrons. The first-order valence-corrected chi connectivity index (χ1v) is 4.52. The summed E-state index contributed by atoms with van der Waals surface area (Å²) in [5.74, 6) is 0. The highest BCUT2D eigenvalue weighted by molar-refractivity contribution is 6.03. The van der Waals surface area contributed by atoms with Crippen molar-refractivity contribution in [2.45, 2.75) is 0 Å². The molecular formula is C11H5N3O2. The number of hydrogen-bond acceptors (Lipinski definition) is 4. The van der Waals surface area contributed by atoms with Gasteiger partial charge in [0.1, 0.15) is 10.9 Å². The Labute approximate surface area is 89.3 Å². The standard InChI is InChI=1S/C11H5N3O2/c1-2-14-10-7(5-13-14)3-4-8-9(10)11(15)16-6-12-8/h1,3-6H. The summed E-state index contributed by atoms with van der Waals surface area (Å²) in [5, 5.41) is 5.12. The van der Waals surface area contributed by atoms with Gasteiger partial charge in [-0.2, -0.15) is 9.78 Å². The molecule has 0 unspecified atom stereocenters. The zero-order chi connectivity index (χ0) is 11.1. The van der Waals surface area contributed by atoms with E-state index >= 15 is 0 Å². The molecule has 76 valence electrons. The lowest BCUT2D eigenvalue weighted by Gasteiger charge is -1.97. The van der Waals surface area contributed by atoms with Crippen LogP contribution in [-0.4, -0.2) is 14.8 Å². The number of benzene rings is 1. The van der Waals surface area contributed by atoms with E-state index < -0.39 is 5.63 Å². The highest BCUT2D eigenvalue weighted by Gasteiger charge is 2.10. The summed E-state index contributed by atoms with van der Waals surface area (Å²) in [5.41, 5.74) is 0.634. The average molecular weight is 211 g/mol. The van der Waals surface area contributed by atoms with E-state index in [4.69, 9.17) is 10.8 Å². The van der Waals surface area contributed by atoms with Crippen molar-refractivity contribution in [2.24, 2.45) is 0 Å². The van der Waals surface area contributed by atoms with Crippen LogP contribution >= 0.6 is 0 Å². The monoisotopic (exact) mass is 211 g/mol. The Hall–Kier alpha value is -2.61. The van der Waals surface area contributed by atoms with E-state index in [0.29, 0.717) is 16.4 Å². The fraction of sp³-hybridized carbons (Fsp3) is 0. The van der Waals surface area contributed by atoms with Gasteiger partial charge >= 0.3 is 5.63 Å². The second-order valence-electron chi connectivity index (χ2n) is 3.22. The molecule has 0 atom stereocenters. The molecule has 1 aromatic carbocycles. The predicted octanol–water partition coefficient (Wildman–Crippen LogP) is 0.976. The molecule has 3 rings (SSSR count). The lowest BCUT2D eigenvalue weighted by Crippen LogP contribution is -2.03. The summed E-state index contributed by atoms with van der Waals surface area (Å²) in [6.07, 6.45) is 8.02. The van der Waals surface area contributed by atoms with Gasteiger partial charge in [0.05, 0.1) is 11.7 Å². The molecule has 16 heavy (non-hydrogen) atoms. The Bertz CT molecular complexity index is 792. The molecule has 5 nitrogen and oxygen atoms in total. The molecule has 2 heterocycles. The maximum Gasteiger partial charge on any atom is 0.348 e. The van der Waals surface area contributed by atoms with Gasteiger partial charge < -0.3 is 4.42 Å². The molecule has 2 aromatic heterocycles. The molecule has 0 bridgehead atoms. The number of nitrogens with zero attached hydrogens (tertiary/aromatic N) is 3. The summed E-state index contributed by atoms with van der Waals surface area (Å²) in [7, 11) is 0. The Morgan fingerprint density at radius 2 is 2.31 bits per heavy atom. The molecule has 0 fully saturated rings. The van der Waals surface area contributed by atoms with Crippen LogP contribution < -0.4 is 5.63 Å². The fourth-order valence-electron chi connectivity index (χ4n) is 1.70. The molecule has 0 N–H and O–H groups in total. The normalized spacial score (nSPS) is 10.7. The third kappa shape index (κ3) is 0.982. The third-order valence-corrected chi connectivity index (χ3v) is 2.39. The van der Waals surface area contributed by atoms with Crippen LogP contribution in [0.5, 0.6) is 0 Å². The van der Waals surface area contributed by atoms with E-state index in [9.17, 15) is 4.79 Å². The highest BCUT2D eigenvalue weighted by atomic mass is 16.4. The summed E-state index contributed by atoms with van der Waals surface area (Å²) in [6, 6.07) is 5.91. The summed E-state index contributed by atoms with van der Waals surface area (Å²) >= 11 is 0. The fourth-order valence-corrected chi connectivity index (χ4v) is 1.70. The number of fused-ring (bicyclic) bond motifs is 3. The molecule has 0 spiro atoms. The zero-order valence-corrected chi connectivity index (χ0v) is 8.04. The molecule has 0 aliphatic heterocycles. The van der Waals surface area contributed by atoms with Crippen molar-refractivity contribution < 1.29 is 4.42 Å². The van der Waals surface area contributed by atoms with E-state index in [-0.39, 0.29) is 0 Å². The Morgan fingerprint density at radius 3 is 3.12 bits per heavy atom. The van der Waals surface area contributed by atoms with Gasteiger partial charge in [0, 0.05) is 11.4 Å². The minimum absolute atomic E-state index is 0.357. The van der Waals surface area contributed by atoms with Gasteiger partial charge in [-0.05, 0) is 12.1 Å². The second-order valence-corrected chi connectivity index (χ2v) is 3.22. The maximum atomic E-state index is 11.6. The second kappa shape index (κ2) is 2.94. The molecule has 0 saturated heterocycles. The van der Waals surface area contributed by atoms with Crippen LogP contribution in [-0.2, 0) is 0 Å². The molecular weight excluding hydrogens is 206 g/mol. The van der Waals surface area contributed by atoms with Crippen LogP contribution in [0.2, 0.25) is 0 Å². The maximum absolute atomic E-state index is 11.6. The minimum atomic E-state index is -0.465.